The van der Waals surface area contributed by atoms with Crippen molar-refractivity contribution in [1.29, 1.82) is 0 Å². The predicted molar refractivity (Wildman–Crippen MR) is 146 cm³/mol. The van der Waals surface area contributed by atoms with Crippen molar-refractivity contribution in [2.75, 3.05) is 39.8 Å². The van der Waals surface area contributed by atoms with Gasteiger partial charge in [-0.05, 0) is 100 Å². The Balaban J connectivity index is 1.20. The molecule has 8 nitrogen and oxygen atoms in total. The molecule has 210 valence electrons. The van der Waals surface area contributed by atoms with Gasteiger partial charge in [0.1, 0.15) is 17.1 Å². The van der Waals surface area contributed by atoms with E-state index in [0.717, 1.165) is 74.5 Å². The molecule has 4 aliphatic heterocycles. The molecular weight excluding hydrogens is 496 g/mol. The summed E-state index contributed by atoms with van der Waals surface area (Å²) in [6.07, 6.45) is 4.13. The van der Waals surface area contributed by atoms with Crippen LogP contribution in [-0.2, 0) is 27.4 Å². The molecular formula is C31H40N2O6. The fourth-order valence-corrected chi connectivity index (χ4v) is 6.42. The zero-order valence-electron chi connectivity index (χ0n) is 23.4. The minimum Gasteiger partial charge on any atom is -0.467 e. The van der Waals surface area contributed by atoms with Gasteiger partial charge < -0.3 is 28.6 Å². The number of hydrogen-bond acceptors (Lipinski definition) is 7. The molecule has 1 spiro atoms. The maximum Gasteiger partial charge on any atom is 0.410 e. The van der Waals surface area contributed by atoms with Crippen molar-refractivity contribution in [3.63, 3.8) is 0 Å². The molecule has 0 N–H and O–H groups in total. The van der Waals surface area contributed by atoms with Crippen molar-refractivity contribution in [2.24, 2.45) is 5.41 Å². The highest BCUT2D eigenvalue weighted by atomic mass is 16.7. The number of hydrogen-bond donors (Lipinski definition) is 0. The smallest absolute Gasteiger partial charge is 0.410 e. The third kappa shape index (κ3) is 5.74. The van der Waals surface area contributed by atoms with E-state index in [2.05, 4.69) is 41.3 Å². The summed E-state index contributed by atoms with van der Waals surface area (Å²) >= 11 is 0. The van der Waals surface area contributed by atoms with Gasteiger partial charge in [0, 0.05) is 24.2 Å². The SMILES string of the molecule is CC(C)(C)OC(=O)N1CCC2(CC1)CCN(C(c1ccc3c(c1)COCO3)c1ccc3c(c1)COCO3)CC2. The molecule has 0 aliphatic carbocycles. The van der Waals surface area contributed by atoms with Crippen LogP contribution in [0.5, 0.6) is 11.5 Å². The van der Waals surface area contributed by atoms with Gasteiger partial charge in [0.15, 0.2) is 13.6 Å². The average molecular weight is 537 g/mol. The van der Waals surface area contributed by atoms with Crippen molar-refractivity contribution in [1.82, 2.24) is 9.80 Å². The summed E-state index contributed by atoms with van der Waals surface area (Å²) in [5.74, 6) is 1.82. The highest BCUT2D eigenvalue weighted by Gasteiger charge is 2.41. The van der Waals surface area contributed by atoms with Crippen LogP contribution >= 0.6 is 0 Å². The molecule has 0 radical (unpaired) electrons. The van der Waals surface area contributed by atoms with E-state index in [4.69, 9.17) is 23.7 Å². The molecule has 0 atom stereocenters. The number of rotatable bonds is 3. The Hall–Kier alpha value is -2.81. The number of fused-ring (bicyclic) bond motifs is 2. The molecule has 4 aliphatic rings. The van der Waals surface area contributed by atoms with Gasteiger partial charge in [-0.3, -0.25) is 4.90 Å². The first kappa shape index (κ1) is 26.4. The van der Waals surface area contributed by atoms with E-state index in [9.17, 15) is 4.79 Å². The van der Waals surface area contributed by atoms with E-state index in [1.165, 1.54) is 11.1 Å². The topological polar surface area (TPSA) is 69.7 Å². The molecule has 0 aromatic heterocycles. The highest BCUT2D eigenvalue weighted by molar-refractivity contribution is 5.68. The van der Waals surface area contributed by atoms with Crippen LogP contribution in [0.4, 0.5) is 4.79 Å². The van der Waals surface area contributed by atoms with Gasteiger partial charge in [0.2, 0.25) is 0 Å². The van der Waals surface area contributed by atoms with Crippen LogP contribution in [0.1, 0.15) is 74.8 Å². The Bertz CT molecular complexity index is 1130. The second kappa shape index (κ2) is 10.6. The predicted octanol–water partition coefficient (Wildman–Crippen LogP) is 5.62. The van der Waals surface area contributed by atoms with Crippen LogP contribution < -0.4 is 9.47 Å². The first-order chi connectivity index (χ1) is 18.8. The molecule has 0 unspecified atom stereocenters. The maximum atomic E-state index is 12.6. The largest absolute Gasteiger partial charge is 0.467 e. The number of carbonyl (C=O) groups excluding carboxylic acids is 1. The summed E-state index contributed by atoms with van der Waals surface area (Å²) < 4.78 is 28.2. The molecule has 8 heteroatoms. The Morgan fingerprint density at radius 3 is 1.85 bits per heavy atom. The number of amides is 1. The van der Waals surface area contributed by atoms with E-state index in [0.29, 0.717) is 26.8 Å². The van der Waals surface area contributed by atoms with Crippen molar-refractivity contribution in [3.8, 4) is 11.5 Å². The minimum absolute atomic E-state index is 0.114. The molecule has 2 aromatic carbocycles. The van der Waals surface area contributed by atoms with E-state index >= 15 is 0 Å². The fraction of sp³-hybridized carbons (Fsp3) is 0.581. The van der Waals surface area contributed by atoms with Gasteiger partial charge in [-0.15, -0.1) is 0 Å². The van der Waals surface area contributed by atoms with E-state index in [-0.39, 0.29) is 17.6 Å². The number of nitrogens with zero attached hydrogens (tertiary/aromatic N) is 2. The lowest BCUT2D eigenvalue weighted by Gasteiger charge is -2.48. The number of benzene rings is 2. The molecule has 1 amide bonds. The van der Waals surface area contributed by atoms with Gasteiger partial charge in [0.25, 0.3) is 0 Å². The number of ether oxygens (including phenoxy) is 5. The van der Waals surface area contributed by atoms with Crippen molar-refractivity contribution >= 4 is 6.09 Å². The second-order valence-electron chi connectivity index (χ2n) is 12.4. The lowest BCUT2D eigenvalue weighted by molar-refractivity contribution is -0.0166. The van der Waals surface area contributed by atoms with E-state index in [1.54, 1.807) is 0 Å². The first-order valence-corrected chi connectivity index (χ1v) is 14.2. The number of piperidine rings is 2. The highest BCUT2D eigenvalue weighted by Crippen LogP contribution is 2.45. The van der Waals surface area contributed by atoms with Crippen molar-refractivity contribution in [3.05, 3.63) is 58.7 Å². The molecule has 0 bridgehead atoms. The Morgan fingerprint density at radius 1 is 0.821 bits per heavy atom. The zero-order chi connectivity index (χ0) is 27.0. The normalized spacial score (nSPS) is 21.1. The first-order valence-electron chi connectivity index (χ1n) is 14.2. The number of likely N-dealkylation sites (tertiary alicyclic amines) is 2. The van der Waals surface area contributed by atoms with Gasteiger partial charge >= 0.3 is 6.09 Å². The summed E-state index contributed by atoms with van der Waals surface area (Å²) in [6, 6.07) is 13.2. The molecule has 2 fully saturated rings. The third-order valence-electron chi connectivity index (χ3n) is 8.61. The van der Waals surface area contributed by atoms with Crippen molar-refractivity contribution < 1.29 is 28.5 Å². The Morgan fingerprint density at radius 2 is 1.33 bits per heavy atom. The zero-order valence-corrected chi connectivity index (χ0v) is 23.4. The molecule has 4 heterocycles. The van der Waals surface area contributed by atoms with Gasteiger partial charge in [0.05, 0.1) is 19.3 Å². The van der Waals surface area contributed by atoms with Gasteiger partial charge in [-0.25, -0.2) is 4.79 Å². The third-order valence-corrected chi connectivity index (χ3v) is 8.61. The van der Waals surface area contributed by atoms with Crippen LogP contribution in [0.2, 0.25) is 0 Å². The van der Waals surface area contributed by atoms with Crippen LogP contribution in [-0.4, -0.2) is 61.3 Å². The summed E-state index contributed by atoms with van der Waals surface area (Å²) in [4.78, 5) is 17.1. The van der Waals surface area contributed by atoms with E-state index < -0.39 is 5.60 Å². The maximum absolute atomic E-state index is 12.6. The molecule has 6 rings (SSSR count). The van der Waals surface area contributed by atoms with E-state index in [1.807, 2.05) is 25.7 Å². The summed E-state index contributed by atoms with van der Waals surface area (Å²) in [7, 11) is 0. The van der Waals surface area contributed by atoms with Crippen molar-refractivity contribution in [2.45, 2.75) is 71.3 Å². The average Bonchev–Trinajstić information content (AvgIpc) is 2.94. The monoisotopic (exact) mass is 536 g/mol. The fourth-order valence-electron chi connectivity index (χ4n) is 6.42. The summed E-state index contributed by atoms with van der Waals surface area (Å²) in [5, 5.41) is 0. The Labute approximate surface area is 231 Å². The van der Waals surface area contributed by atoms with Gasteiger partial charge in [-0.2, -0.15) is 0 Å². The van der Waals surface area contributed by atoms with Gasteiger partial charge in [-0.1, -0.05) is 12.1 Å². The molecule has 2 aromatic rings. The minimum atomic E-state index is -0.462. The summed E-state index contributed by atoms with van der Waals surface area (Å²) in [5.41, 5.74) is 4.51. The lowest BCUT2D eigenvalue weighted by atomic mass is 9.71. The van der Waals surface area contributed by atoms with Crippen LogP contribution in [0.3, 0.4) is 0 Å². The molecule has 39 heavy (non-hydrogen) atoms. The number of carbonyl (C=O) groups is 1. The summed E-state index contributed by atoms with van der Waals surface area (Å²) in [6.45, 7) is 11.1. The standard InChI is InChI=1S/C31H40N2O6/c1-30(2,3)39-29(34)33-14-10-31(11-15-33)8-12-32(13-9-31)28(22-4-6-26-24(16-22)18-35-20-37-26)23-5-7-27-25(17-23)19-36-21-38-27/h4-7,16-17,28H,8-15,18-21H2,1-3H3. The second-order valence-corrected chi connectivity index (χ2v) is 12.4. The van der Waals surface area contributed by atoms with Crippen LogP contribution in [0, 0.1) is 5.41 Å². The van der Waals surface area contributed by atoms with Crippen LogP contribution in [0.15, 0.2) is 36.4 Å². The van der Waals surface area contributed by atoms with Crippen LogP contribution in [0.25, 0.3) is 0 Å². The lowest BCUT2D eigenvalue weighted by Crippen LogP contribution is -2.49. The molecule has 2 saturated heterocycles. The quantitative estimate of drug-likeness (QED) is 0.504. The Kier molecular flexibility index (Phi) is 7.20. The molecule has 0 saturated carbocycles.